The van der Waals surface area contributed by atoms with Crippen molar-refractivity contribution < 1.29 is 9.53 Å². The quantitative estimate of drug-likeness (QED) is 0.836. The van der Waals surface area contributed by atoms with Crippen LogP contribution in [0.25, 0.3) is 6.08 Å². The Kier molecular flexibility index (Phi) is 4.71. The highest BCUT2D eigenvalue weighted by molar-refractivity contribution is 6.03. The molecule has 4 heteroatoms. The van der Waals surface area contributed by atoms with E-state index in [4.69, 9.17) is 4.74 Å². The summed E-state index contributed by atoms with van der Waals surface area (Å²) in [4.78, 5) is 11.2. The molecule has 1 unspecified atom stereocenters. The van der Waals surface area contributed by atoms with Gasteiger partial charge in [0.05, 0.1) is 5.71 Å². The summed E-state index contributed by atoms with van der Waals surface area (Å²) in [5.74, 6) is 0.911. The van der Waals surface area contributed by atoms with E-state index in [0.717, 1.165) is 17.0 Å². The summed E-state index contributed by atoms with van der Waals surface area (Å²) < 4.78 is 5.48. The van der Waals surface area contributed by atoms with E-state index in [9.17, 15) is 4.79 Å². The first-order valence-electron chi connectivity index (χ1n) is 6.57. The van der Waals surface area contributed by atoms with Gasteiger partial charge < -0.3 is 4.74 Å². The number of nitrogens with zero attached hydrogens (tertiary/aromatic N) is 1. The number of carbonyl (C=O) groups is 1. The predicted octanol–water partition coefficient (Wildman–Crippen LogP) is 2.78. The minimum atomic E-state index is -0.0329. The number of benzene rings is 1. The van der Waals surface area contributed by atoms with Crippen LogP contribution in [0.5, 0.6) is 5.75 Å². The Labute approximate surface area is 118 Å². The smallest absolute Gasteiger partial charge is 0.240 e. The lowest BCUT2D eigenvalue weighted by atomic mass is 9.99. The molecule has 1 aliphatic heterocycles. The van der Waals surface area contributed by atoms with Crippen LogP contribution in [0.4, 0.5) is 0 Å². The summed E-state index contributed by atoms with van der Waals surface area (Å²) in [6.45, 7) is 6.10. The van der Waals surface area contributed by atoms with E-state index < -0.39 is 0 Å². The Bertz CT molecular complexity index is 561. The molecule has 0 saturated heterocycles. The first-order chi connectivity index (χ1) is 9.69. The van der Waals surface area contributed by atoms with Gasteiger partial charge in [-0.25, -0.2) is 5.43 Å². The monoisotopic (exact) mass is 270 g/mol. The van der Waals surface area contributed by atoms with Crippen LogP contribution in [0.1, 0.15) is 18.9 Å². The van der Waals surface area contributed by atoms with Crippen molar-refractivity contribution in [2.75, 3.05) is 6.61 Å². The standard InChI is InChI=1S/C16H18N2O2/c1-3-9-20-14-6-4-5-13(11-14)7-8-15-12(2)10-16(19)18-17-15/h3-8,11-12H,1,9-10H2,2H3,(H,18,19). The first-order valence-corrected chi connectivity index (χ1v) is 6.57. The van der Waals surface area contributed by atoms with E-state index in [1.807, 2.05) is 43.3 Å². The van der Waals surface area contributed by atoms with Crippen molar-refractivity contribution in [3.05, 3.63) is 48.6 Å². The Balaban J connectivity index is 2.07. The average molecular weight is 270 g/mol. The predicted molar refractivity (Wildman–Crippen MR) is 80.5 cm³/mol. The highest BCUT2D eigenvalue weighted by Gasteiger charge is 2.17. The molecule has 0 fully saturated rings. The van der Waals surface area contributed by atoms with Gasteiger partial charge in [-0.05, 0) is 23.8 Å². The number of amides is 1. The van der Waals surface area contributed by atoms with Crippen LogP contribution >= 0.6 is 0 Å². The Morgan fingerprint density at radius 3 is 3.10 bits per heavy atom. The number of hydrogen-bond acceptors (Lipinski definition) is 3. The second kappa shape index (κ2) is 6.70. The Morgan fingerprint density at radius 2 is 2.35 bits per heavy atom. The van der Waals surface area contributed by atoms with E-state index >= 15 is 0 Å². The van der Waals surface area contributed by atoms with Gasteiger partial charge in [0.2, 0.25) is 5.91 Å². The number of nitrogens with one attached hydrogen (secondary N) is 1. The van der Waals surface area contributed by atoms with Gasteiger partial charge in [-0.15, -0.1) is 0 Å². The number of allylic oxidation sites excluding steroid dienone is 1. The number of rotatable bonds is 5. The van der Waals surface area contributed by atoms with Crippen molar-refractivity contribution in [1.29, 1.82) is 0 Å². The molecule has 1 heterocycles. The third-order valence-electron chi connectivity index (χ3n) is 2.98. The van der Waals surface area contributed by atoms with E-state index in [-0.39, 0.29) is 11.8 Å². The lowest BCUT2D eigenvalue weighted by Crippen LogP contribution is -2.30. The molecule has 0 saturated carbocycles. The highest BCUT2D eigenvalue weighted by Crippen LogP contribution is 2.16. The molecule has 1 amide bonds. The lowest BCUT2D eigenvalue weighted by molar-refractivity contribution is -0.121. The van der Waals surface area contributed by atoms with E-state index in [1.54, 1.807) is 6.08 Å². The summed E-state index contributed by atoms with van der Waals surface area (Å²) in [5, 5.41) is 4.06. The van der Waals surface area contributed by atoms with Crippen LogP contribution in [0.2, 0.25) is 0 Å². The van der Waals surface area contributed by atoms with Crippen LogP contribution in [-0.2, 0) is 4.79 Å². The largest absolute Gasteiger partial charge is 0.490 e. The zero-order chi connectivity index (χ0) is 14.4. The first kappa shape index (κ1) is 14.1. The van der Waals surface area contributed by atoms with Crippen molar-refractivity contribution in [3.8, 4) is 5.75 Å². The fraction of sp³-hybridized carbons (Fsp3) is 0.250. The molecular formula is C16H18N2O2. The molecule has 0 bridgehead atoms. The molecule has 1 aromatic carbocycles. The molecule has 2 rings (SSSR count). The van der Waals surface area contributed by atoms with Crippen LogP contribution in [0, 0.1) is 5.92 Å². The van der Waals surface area contributed by atoms with Gasteiger partial charge in [0, 0.05) is 12.3 Å². The van der Waals surface area contributed by atoms with Crippen molar-refractivity contribution in [1.82, 2.24) is 5.43 Å². The minimum absolute atomic E-state index is 0.0329. The summed E-state index contributed by atoms with van der Waals surface area (Å²) in [5.41, 5.74) is 4.40. The second-order valence-corrected chi connectivity index (χ2v) is 4.68. The van der Waals surface area contributed by atoms with Gasteiger partial charge in [-0.2, -0.15) is 5.10 Å². The molecular weight excluding hydrogens is 252 g/mol. The second-order valence-electron chi connectivity index (χ2n) is 4.68. The molecule has 1 N–H and O–H groups in total. The molecule has 0 spiro atoms. The zero-order valence-electron chi connectivity index (χ0n) is 11.5. The molecule has 0 aliphatic carbocycles. The minimum Gasteiger partial charge on any atom is -0.490 e. The van der Waals surface area contributed by atoms with Gasteiger partial charge in [0.1, 0.15) is 12.4 Å². The van der Waals surface area contributed by atoms with E-state index in [2.05, 4.69) is 17.1 Å². The Morgan fingerprint density at radius 1 is 1.50 bits per heavy atom. The van der Waals surface area contributed by atoms with Gasteiger partial charge >= 0.3 is 0 Å². The third-order valence-corrected chi connectivity index (χ3v) is 2.98. The van der Waals surface area contributed by atoms with E-state index in [0.29, 0.717) is 13.0 Å². The van der Waals surface area contributed by atoms with Crippen molar-refractivity contribution >= 4 is 17.7 Å². The normalized spacial score (nSPS) is 18.6. The van der Waals surface area contributed by atoms with Crippen LogP contribution < -0.4 is 10.2 Å². The highest BCUT2D eigenvalue weighted by atomic mass is 16.5. The molecule has 20 heavy (non-hydrogen) atoms. The van der Waals surface area contributed by atoms with E-state index in [1.165, 1.54) is 0 Å². The SMILES string of the molecule is C=CCOc1cccc(C=CC2=NNC(=O)CC2C)c1. The lowest BCUT2D eigenvalue weighted by Gasteiger charge is -2.16. The summed E-state index contributed by atoms with van der Waals surface area (Å²) in [7, 11) is 0. The maximum absolute atomic E-state index is 11.2. The fourth-order valence-corrected chi connectivity index (χ4v) is 1.91. The molecule has 1 aliphatic rings. The zero-order valence-corrected chi connectivity index (χ0v) is 11.5. The van der Waals surface area contributed by atoms with Crippen molar-refractivity contribution in [3.63, 3.8) is 0 Å². The van der Waals surface area contributed by atoms with Crippen molar-refractivity contribution in [2.45, 2.75) is 13.3 Å². The van der Waals surface area contributed by atoms with Crippen molar-refractivity contribution in [2.24, 2.45) is 11.0 Å². The van der Waals surface area contributed by atoms with Gasteiger partial charge in [-0.1, -0.05) is 37.8 Å². The topological polar surface area (TPSA) is 50.7 Å². The molecule has 104 valence electrons. The molecule has 1 aromatic rings. The number of hydrazone groups is 1. The average Bonchev–Trinajstić information content (AvgIpc) is 2.45. The van der Waals surface area contributed by atoms with Crippen LogP contribution in [0.3, 0.4) is 0 Å². The maximum atomic E-state index is 11.2. The number of hydrogen-bond donors (Lipinski definition) is 1. The molecule has 1 atom stereocenters. The summed E-state index contributed by atoms with van der Waals surface area (Å²) >= 11 is 0. The summed E-state index contributed by atoms with van der Waals surface area (Å²) in [6, 6.07) is 7.78. The third kappa shape index (κ3) is 3.82. The van der Waals surface area contributed by atoms with Gasteiger partial charge in [-0.3, -0.25) is 4.79 Å². The Hall–Kier alpha value is -2.36. The van der Waals surface area contributed by atoms with Crippen LogP contribution in [0.15, 0.2) is 48.1 Å². The number of carbonyl (C=O) groups excluding carboxylic acids is 1. The maximum Gasteiger partial charge on any atom is 0.240 e. The summed E-state index contributed by atoms with van der Waals surface area (Å²) in [6.07, 6.45) is 6.08. The molecule has 0 radical (unpaired) electrons. The van der Waals surface area contributed by atoms with Gasteiger partial charge in [0.25, 0.3) is 0 Å². The molecule has 0 aromatic heterocycles. The fourth-order valence-electron chi connectivity index (χ4n) is 1.91. The number of ether oxygens (including phenoxy) is 1. The molecule has 4 nitrogen and oxygen atoms in total. The van der Waals surface area contributed by atoms with Gasteiger partial charge in [0.15, 0.2) is 0 Å². The van der Waals surface area contributed by atoms with Crippen LogP contribution in [-0.4, -0.2) is 18.2 Å².